The van der Waals surface area contributed by atoms with Gasteiger partial charge in [-0.3, -0.25) is 0 Å². The molecule has 7 heteroatoms. The highest BCUT2D eigenvalue weighted by atomic mass is 32.2. The highest BCUT2D eigenvalue weighted by Crippen LogP contribution is 2.38. The van der Waals surface area contributed by atoms with E-state index in [9.17, 15) is 0 Å². The van der Waals surface area contributed by atoms with Crippen LogP contribution in [0.4, 0.5) is 5.69 Å². The summed E-state index contributed by atoms with van der Waals surface area (Å²) >= 11 is 1.57. The Morgan fingerprint density at radius 3 is 2.19 bits per heavy atom. The quantitative estimate of drug-likeness (QED) is 0.491. The number of methoxy groups -OCH3 is 3. The molecule has 0 spiro atoms. The average Bonchev–Trinajstić information content (AvgIpc) is 2.69. The van der Waals surface area contributed by atoms with Crippen molar-refractivity contribution in [3.8, 4) is 17.2 Å². The van der Waals surface area contributed by atoms with Crippen LogP contribution in [0.1, 0.15) is 11.4 Å². The minimum atomic E-state index is 0.548. The molecular formula is C20H21N3O3S. The lowest BCUT2D eigenvalue weighted by Crippen LogP contribution is -2.00. The van der Waals surface area contributed by atoms with Crippen molar-refractivity contribution in [3.63, 3.8) is 0 Å². The molecule has 0 fully saturated rings. The van der Waals surface area contributed by atoms with Crippen molar-refractivity contribution in [1.82, 2.24) is 9.97 Å². The molecule has 1 aromatic heterocycles. The van der Waals surface area contributed by atoms with Crippen LogP contribution in [0.2, 0.25) is 0 Å². The van der Waals surface area contributed by atoms with E-state index in [1.54, 1.807) is 39.3 Å². The minimum absolute atomic E-state index is 0.548. The van der Waals surface area contributed by atoms with Gasteiger partial charge in [-0.25, -0.2) is 9.97 Å². The molecular weight excluding hydrogens is 362 g/mol. The number of nitrogens with zero attached hydrogens (tertiary/aromatic N) is 2. The second kappa shape index (κ2) is 8.64. The third-order valence-electron chi connectivity index (χ3n) is 3.87. The Balaban J connectivity index is 1.82. The maximum absolute atomic E-state index is 5.73. The van der Waals surface area contributed by atoms with Crippen molar-refractivity contribution < 1.29 is 14.2 Å². The van der Waals surface area contributed by atoms with Gasteiger partial charge in [-0.15, -0.1) is 0 Å². The van der Waals surface area contributed by atoms with E-state index in [1.807, 2.05) is 42.5 Å². The van der Waals surface area contributed by atoms with Crippen molar-refractivity contribution in [1.29, 1.82) is 0 Å². The van der Waals surface area contributed by atoms with Crippen molar-refractivity contribution in [3.05, 3.63) is 60.0 Å². The number of benzene rings is 2. The van der Waals surface area contributed by atoms with Gasteiger partial charge in [0.25, 0.3) is 0 Å². The molecule has 0 amide bonds. The second-order valence-corrected chi connectivity index (χ2v) is 6.79. The van der Waals surface area contributed by atoms with Gasteiger partial charge in [0.05, 0.1) is 21.3 Å². The molecule has 0 saturated heterocycles. The summed E-state index contributed by atoms with van der Waals surface area (Å²) in [7, 11) is 4.78. The third-order valence-corrected chi connectivity index (χ3v) is 4.81. The molecule has 1 heterocycles. The number of anilines is 1. The number of aromatic nitrogens is 2. The summed E-state index contributed by atoms with van der Waals surface area (Å²) in [6.45, 7) is 0. The molecule has 140 valence electrons. The van der Waals surface area contributed by atoms with Crippen LogP contribution in [0, 0.1) is 0 Å². The first-order chi connectivity index (χ1) is 13.1. The Kier molecular flexibility index (Phi) is 6.03. The molecule has 27 heavy (non-hydrogen) atoms. The average molecular weight is 383 g/mol. The molecule has 0 aliphatic carbocycles. The minimum Gasteiger partial charge on any atom is -0.493 e. The van der Waals surface area contributed by atoms with E-state index >= 15 is 0 Å². The van der Waals surface area contributed by atoms with Crippen molar-refractivity contribution in [2.45, 2.75) is 16.3 Å². The number of hydrogen-bond donors (Lipinski definition) is 1. The van der Waals surface area contributed by atoms with Crippen molar-refractivity contribution in [2.24, 2.45) is 0 Å². The molecule has 0 saturated carbocycles. The summed E-state index contributed by atoms with van der Waals surface area (Å²) in [5.41, 5.74) is 7.45. The maximum Gasteiger partial charge on any atom is 0.203 e. The van der Waals surface area contributed by atoms with E-state index in [-0.39, 0.29) is 0 Å². The number of hydrogen-bond acceptors (Lipinski definition) is 7. The molecule has 0 radical (unpaired) electrons. The van der Waals surface area contributed by atoms with Crippen LogP contribution < -0.4 is 19.9 Å². The molecule has 3 aromatic rings. The fraction of sp³-hybridized carbons (Fsp3) is 0.200. The number of ether oxygens (including phenoxy) is 3. The van der Waals surface area contributed by atoms with E-state index in [0.717, 1.165) is 21.2 Å². The highest BCUT2D eigenvalue weighted by Gasteiger charge is 2.14. The number of nitrogen functional groups attached to an aromatic ring is 1. The lowest BCUT2D eigenvalue weighted by molar-refractivity contribution is 0.324. The summed E-state index contributed by atoms with van der Waals surface area (Å²) < 4.78 is 16.2. The predicted molar refractivity (Wildman–Crippen MR) is 106 cm³/mol. The van der Waals surface area contributed by atoms with E-state index in [2.05, 4.69) is 9.97 Å². The van der Waals surface area contributed by atoms with Gasteiger partial charge in [0.2, 0.25) is 5.75 Å². The van der Waals surface area contributed by atoms with E-state index in [1.165, 1.54) is 0 Å². The molecule has 2 aromatic carbocycles. The molecule has 0 bridgehead atoms. The van der Waals surface area contributed by atoms with Crippen LogP contribution in [-0.4, -0.2) is 31.3 Å². The van der Waals surface area contributed by atoms with Gasteiger partial charge >= 0.3 is 0 Å². The lowest BCUT2D eigenvalue weighted by atomic mass is 10.1. The van der Waals surface area contributed by atoms with Crippen LogP contribution in [0.3, 0.4) is 0 Å². The van der Waals surface area contributed by atoms with Gasteiger partial charge in [-0.05, 0) is 48.0 Å². The normalized spacial score (nSPS) is 10.5. The van der Waals surface area contributed by atoms with Crippen LogP contribution in [0.15, 0.2) is 58.6 Å². The second-order valence-electron chi connectivity index (χ2n) is 5.69. The Hall–Kier alpha value is -2.93. The molecule has 0 unspecified atom stereocenters. The van der Waals surface area contributed by atoms with Gasteiger partial charge in [-0.1, -0.05) is 11.8 Å². The summed E-state index contributed by atoms with van der Waals surface area (Å²) in [5, 5.41) is 0.872. The van der Waals surface area contributed by atoms with E-state index < -0.39 is 0 Å². The topological polar surface area (TPSA) is 79.5 Å². The number of nitrogens with two attached hydrogens (primary N) is 1. The molecule has 2 N–H and O–H groups in total. The van der Waals surface area contributed by atoms with Gasteiger partial charge in [-0.2, -0.15) is 0 Å². The Morgan fingerprint density at radius 2 is 1.59 bits per heavy atom. The smallest absolute Gasteiger partial charge is 0.203 e. The first-order valence-corrected chi connectivity index (χ1v) is 9.08. The van der Waals surface area contributed by atoms with Gasteiger partial charge in [0, 0.05) is 23.2 Å². The van der Waals surface area contributed by atoms with Gasteiger partial charge < -0.3 is 19.9 Å². The van der Waals surface area contributed by atoms with Gasteiger partial charge in [0.1, 0.15) is 10.9 Å². The number of rotatable bonds is 7. The molecule has 3 rings (SSSR count). The standard InChI is InChI=1S/C20H21N3O3S/c1-24-16-10-13(11-17(25-2)20(16)26-3)12-18-22-9-8-19(23-18)27-15-6-4-14(21)5-7-15/h4-11H,12,21H2,1-3H3. The Bertz CT molecular complexity index is 892. The van der Waals surface area contributed by atoms with Crippen LogP contribution >= 0.6 is 11.8 Å². The molecule has 0 aliphatic rings. The van der Waals surface area contributed by atoms with Crippen LogP contribution in [0.5, 0.6) is 17.2 Å². The fourth-order valence-electron chi connectivity index (χ4n) is 2.60. The van der Waals surface area contributed by atoms with Crippen LogP contribution in [-0.2, 0) is 6.42 Å². The maximum atomic E-state index is 5.73. The van der Waals surface area contributed by atoms with Crippen LogP contribution in [0.25, 0.3) is 0 Å². The summed E-state index contributed by atoms with van der Waals surface area (Å²) in [6.07, 6.45) is 2.31. The van der Waals surface area contributed by atoms with Gasteiger partial charge in [0.15, 0.2) is 11.5 Å². The molecule has 0 aliphatic heterocycles. The zero-order valence-electron chi connectivity index (χ0n) is 15.4. The van der Waals surface area contributed by atoms with E-state index in [4.69, 9.17) is 19.9 Å². The molecule has 6 nitrogen and oxygen atoms in total. The third kappa shape index (κ3) is 4.62. The summed E-state index contributed by atoms with van der Waals surface area (Å²) in [6, 6.07) is 13.4. The Labute approximate surface area is 162 Å². The molecule has 0 atom stereocenters. The SMILES string of the molecule is COc1cc(Cc2nccc(Sc3ccc(N)cc3)n2)cc(OC)c1OC. The largest absolute Gasteiger partial charge is 0.493 e. The fourth-order valence-corrected chi connectivity index (χ4v) is 3.39. The summed E-state index contributed by atoms with van der Waals surface area (Å²) in [5.74, 6) is 2.50. The zero-order chi connectivity index (χ0) is 19.2. The monoisotopic (exact) mass is 383 g/mol. The highest BCUT2D eigenvalue weighted by molar-refractivity contribution is 7.99. The Morgan fingerprint density at radius 1 is 0.926 bits per heavy atom. The van der Waals surface area contributed by atoms with E-state index in [0.29, 0.717) is 29.5 Å². The first-order valence-electron chi connectivity index (χ1n) is 8.27. The zero-order valence-corrected chi connectivity index (χ0v) is 16.2. The van der Waals surface area contributed by atoms with Crippen molar-refractivity contribution >= 4 is 17.4 Å². The predicted octanol–water partition coefficient (Wildman–Crippen LogP) is 3.83. The lowest BCUT2D eigenvalue weighted by Gasteiger charge is -2.14. The first kappa shape index (κ1) is 18.8. The summed E-state index contributed by atoms with van der Waals surface area (Å²) in [4.78, 5) is 10.1. The van der Waals surface area contributed by atoms with Crippen molar-refractivity contribution in [2.75, 3.05) is 27.1 Å².